The average molecular weight is 292 g/mol. The van der Waals surface area contributed by atoms with Crippen molar-refractivity contribution in [1.29, 1.82) is 0 Å². The van der Waals surface area contributed by atoms with Crippen LogP contribution in [-0.4, -0.2) is 11.4 Å². The van der Waals surface area contributed by atoms with Gasteiger partial charge in [-0.05, 0) is 49.9 Å². The summed E-state index contributed by atoms with van der Waals surface area (Å²) >= 11 is 5.81. The van der Waals surface area contributed by atoms with Gasteiger partial charge in [-0.3, -0.25) is 4.79 Å². The molecule has 0 radical (unpaired) electrons. The summed E-state index contributed by atoms with van der Waals surface area (Å²) in [5.41, 5.74) is 1.32. The molecule has 0 bridgehead atoms. The molecule has 2 aromatic rings. The number of benzene rings is 1. The number of carbonyl (C=O) groups is 1. The van der Waals surface area contributed by atoms with Crippen LogP contribution in [0, 0.1) is 0 Å². The van der Waals surface area contributed by atoms with Gasteiger partial charge in [-0.25, -0.2) is 0 Å². The normalized spacial score (nSPS) is 11.3. The van der Waals surface area contributed by atoms with Gasteiger partial charge in [0.15, 0.2) is 0 Å². The molecule has 0 aliphatic heterocycles. The molecule has 0 saturated heterocycles. The third-order valence-corrected chi connectivity index (χ3v) is 3.49. The largest absolute Gasteiger partial charge is 0.452 e. The summed E-state index contributed by atoms with van der Waals surface area (Å²) in [5.74, 6) is -0.207. The highest BCUT2D eigenvalue weighted by Gasteiger charge is 2.23. The fourth-order valence-corrected chi connectivity index (χ4v) is 2.19. The second-order valence-electron chi connectivity index (χ2n) is 5.43. The molecule has 0 unspecified atom stereocenters. The minimum absolute atomic E-state index is 0.126. The van der Waals surface area contributed by atoms with Crippen LogP contribution in [0.2, 0.25) is 5.22 Å². The van der Waals surface area contributed by atoms with E-state index in [-0.39, 0.29) is 16.7 Å². The zero-order valence-corrected chi connectivity index (χ0v) is 12.4. The van der Waals surface area contributed by atoms with E-state index in [1.165, 1.54) is 11.8 Å². The lowest BCUT2D eigenvalue weighted by molar-refractivity contribution is 0.0909. The Morgan fingerprint density at radius 2 is 1.95 bits per heavy atom. The Labute approximate surface area is 123 Å². The number of hydrogen-bond acceptors (Lipinski definition) is 2. The highest BCUT2D eigenvalue weighted by molar-refractivity contribution is 6.32. The quantitative estimate of drug-likeness (QED) is 0.902. The van der Waals surface area contributed by atoms with Crippen molar-refractivity contribution >= 4 is 17.5 Å². The smallest absolute Gasteiger partial charge is 0.256 e. The zero-order valence-electron chi connectivity index (χ0n) is 11.7. The summed E-state index contributed by atoms with van der Waals surface area (Å²) in [5, 5.41) is 3.11. The first-order valence-corrected chi connectivity index (χ1v) is 6.95. The Hall–Kier alpha value is -1.74. The molecule has 2 rings (SSSR count). The molecule has 0 fully saturated rings. The maximum absolute atomic E-state index is 12.1. The second-order valence-corrected chi connectivity index (χ2v) is 5.77. The highest BCUT2D eigenvalue weighted by Crippen LogP contribution is 2.19. The predicted octanol–water partition coefficient (Wildman–Crippen LogP) is 4.07. The molecule has 1 aromatic heterocycles. The lowest BCUT2D eigenvalue weighted by Crippen LogP contribution is -2.43. The van der Waals surface area contributed by atoms with Crippen LogP contribution < -0.4 is 5.32 Å². The van der Waals surface area contributed by atoms with Gasteiger partial charge in [0.2, 0.25) is 5.22 Å². The van der Waals surface area contributed by atoms with Crippen molar-refractivity contribution in [3.8, 4) is 0 Å². The van der Waals surface area contributed by atoms with E-state index in [1.807, 2.05) is 32.0 Å². The Balaban J connectivity index is 1.94. The molecule has 0 saturated carbocycles. The van der Waals surface area contributed by atoms with E-state index in [1.54, 1.807) is 6.07 Å². The van der Waals surface area contributed by atoms with Gasteiger partial charge in [0.25, 0.3) is 5.91 Å². The fourth-order valence-electron chi connectivity index (χ4n) is 1.99. The Morgan fingerprint density at radius 1 is 1.25 bits per heavy atom. The van der Waals surface area contributed by atoms with Gasteiger partial charge in [0, 0.05) is 5.54 Å². The number of furan rings is 1. The lowest BCUT2D eigenvalue weighted by Gasteiger charge is -2.26. The number of halogens is 1. The minimum Gasteiger partial charge on any atom is -0.452 e. The van der Waals surface area contributed by atoms with Crippen molar-refractivity contribution in [3.05, 3.63) is 59.0 Å². The van der Waals surface area contributed by atoms with Crippen LogP contribution in [-0.2, 0) is 6.42 Å². The lowest BCUT2D eigenvalue weighted by atomic mass is 9.95. The summed E-state index contributed by atoms with van der Waals surface area (Å²) in [6.45, 7) is 4.00. The first kappa shape index (κ1) is 14.7. The molecule has 0 aliphatic carbocycles. The molecule has 106 valence electrons. The van der Waals surface area contributed by atoms with Gasteiger partial charge >= 0.3 is 0 Å². The van der Waals surface area contributed by atoms with E-state index in [0.717, 1.165) is 12.8 Å². The van der Waals surface area contributed by atoms with E-state index in [9.17, 15) is 4.79 Å². The molecule has 20 heavy (non-hydrogen) atoms. The first-order valence-electron chi connectivity index (χ1n) is 6.57. The van der Waals surface area contributed by atoms with Crippen LogP contribution >= 0.6 is 11.6 Å². The summed E-state index contributed by atoms with van der Waals surface area (Å²) in [7, 11) is 0. The molecular formula is C16H18ClNO2. The van der Waals surface area contributed by atoms with Crippen LogP contribution in [0.1, 0.15) is 36.2 Å². The maximum atomic E-state index is 12.1. The van der Waals surface area contributed by atoms with E-state index < -0.39 is 0 Å². The SMILES string of the molecule is CC(C)(CCc1ccccc1)NC(=O)c1ccoc1Cl. The topological polar surface area (TPSA) is 42.2 Å². The van der Waals surface area contributed by atoms with Crippen LogP contribution in [0.5, 0.6) is 0 Å². The Morgan fingerprint density at radius 3 is 2.55 bits per heavy atom. The van der Waals surface area contributed by atoms with Gasteiger partial charge in [-0.15, -0.1) is 0 Å². The van der Waals surface area contributed by atoms with Gasteiger partial charge < -0.3 is 9.73 Å². The number of rotatable bonds is 5. The number of nitrogens with one attached hydrogen (secondary N) is 1. The molecule has 1 aromatic carbocycles. The van der Waals surface area contributed by atoms with E-state index in [4.69, 9.17) is 16.0 Å². The van der Waals surface area contributed by atoms with Crippen molar-refractivity contribution in [2.45, 2.75) is 32.2 Å². The maximum Gasteiger partial charge on any atom is 0.256 e. The van der Waals surface area contributed by atoms with Crippen molar-refractivity contribution in [2.24, 2.45) is 0 Å². The third-order valence-electron chi connectivity index (χ3n) is 3.20. The Kier molecular flexibility index (Phi) is 4.50. The van der Waals surface area contributed by atoms with Crippen LogP contribution in [0.3, 0.4) is 0 Å². The molecule has 0 spiro atoms. The number of amides is 1. The first-order chi connectivity index (χ1) is 9.48. The number of aryl methyl sites for hydroxylation is 1. The van der Waals surface area contributed by atoms with Crippen molar-refractivity contribution in [2.75, 3.05) is 0 Å². The molecule has 0 atom stereocenters. The van der Waals surface area contributed by atoms with Crippen LogP contribution in [0.25, 0.3) is 0 Å². The highest BCUT2D eigenvalue weighted by atomic mass is 35.5. The van der Waals surface area contributed by atoms with Crippen molar-refractivity contribution in [1.82, 2.24) is 5.32 Å². The summed E-state index contributed by atoms with van der Waals surface area (Å²) < 4.78 is 4.93. The fraction of sp³-hybridized carbons (Fsp3) is 0.312. The van der Waals surface area contributed by atoms with Crippen molar-refractivity contribution in [3.63, 3.8) is 0 Å². The summed E-state index contributed by atoms with van der Waals surface area (Å²) in [4.78, 5) is 12.1. The van der Waals surface area contributed by atoms with Crippen molar-refractivity contribution < 1.29 is 9.21 Å². The van der Waals surface area contributed by atoms with Gasteiger partial charge in [0.1, 0.15) is 0 Å². The third kappa shape index (κ3) is 3.87. The number of hydrogen-bond donors (Lipinski definition) is 1. The molecule has 3 nitrogen and oxygen atoms in total. The summed E-state index contributed by atoms with van der Waals surface area (Å²) in [6.07, 6.45) is 3.17. The predicted molar refractivity (Wildman–Crippen MR) is 80.0 cm³/mol. The van der Waals surface area contributed by atoms with Gasteiger partial charge in [-0.1, -0.05) is 30.3 Å². The van der Waals surface area contributed by atoms with E-state index in [0.29, 0.717) is 5.56 Å². The molecule has 1 amide bonds. The molecule has 4 heteroatoms. The molecule has 1 heterocycles. The van der Waals surface area contributed by atoms with E-state index in [2.05, 4.69) is 17.4 Å². The molecule has 0 aliphatic rings. The van der Waals surface area contributed by atoms with Gasteiger partial charge in [-0.2, -0.15) is 0 Å². The minimum atomic E-state index is -0.312. The second kappa shape index (κ2) is 6.14. The molecule has 1 N–H and O–H groups in total. The monoisotopic (exact) mass is 291 g/mol. The standard InChI is InChI=1S/C16H18ClNO2/c1-16(2,10-8-12-6-4-3-5-7-12)18-15(19)13-9-11-20-14(13)17/h3-7,9,11H,8,10H2,1-2H3,(H,18,19). The van der Waals surface area contributed by atoms with Gasteiger partial charge in [0.05, 0.1) is 11.8 Å². The van der Waals surface area contributed by atoms with Crippen LogP contribution in [0.15, 0.2) is 47.1 Å². The summed E-state index contributed by atoms with van der Waals surface area (Å²) in [6, 6.07) is 11.8. The number of carbonyl (C=O) groups excluding carboxylic acids is 1. The molecular weight excluding hydrogens is 274 g/mol. The van der Waals surface area contributed by atoms with Crippen LogP contribution in [0.4, 0.5) is 0 Å². The zero-order chi connectivity index (χ0) is 14.6. The van der Waals surface area contributed by atoms with E-state index >= 15 is 0 Å². The Bertz CT molecular complexity index is 575. The average Bonchev–Trinajstić information content (AvgIpc) is 2.84.